The van der Waals surface area contributed by atoms with Crippen LogP contribution in [0, 0.1) is 0 Å². The van der Waals surface area contributed by atoms with Gasteiger partial charge in [-0.15, -0.1) is 0 Å². The highest BCUT2D eigenvalue weighted by Gasteiger charge is 2.06. The third-order valence-corrected chi connectivity index (χ3v) is 2.43. The molecule has 2 aromatic rings. The highest BCUT2D eigenvalue weighted by atomic mass is 35.5. The summed E-state index contributed by atoms with van der Waals surface area (Å²) in [5, 5.41) is 0.0379. The van der Waals surface area contributed by atoms with Crippen molar-refractivity contribution < 1.29 is 0 Å². The summed E-state index contributed by atoms with van der Waals surface area (Å²) in [4.78, 5) is 19.4. The zero-order valence-electron chi connectivity index (χ0n) is 8.30. The summed E-state index contributed by atoms with van der Waals surface area (Å²) in [6.45, 7) is 0.399. The quantitative estimate of drug-likeness (QED) is 0.787. The van der Waals surface area contributed by atoms with Gasteiger partial charge in [0.1, 0.15) is 5.69 Å². The summed E-state index contributed by atoms with van der Waals surface area (Å²) in [5.74, 6) is 0. The summed E-state index contributed by atoms with van der Waals surface area (Å²) in [7, 11) is 0. The number of anilines is 1. The van der Waals surface area contributed by atoms with Crippen LogP contribution < -0.4 is 11.3 Å². The molecule has 0 aliphatic heterocycles. The maximum absolute atomic E-state index is 11.7. The van der Waals surface area contributed by atoms with Crippen LogP contribution in [0.3, 0.4) is 0 Å². The Balaban J connectivity index is 2.37. The monoisotopic (exact) mass is 236 g/mol. The van der Waals surface area contributed by atoms with Crippen molar-refractivity contribution in [2.45, 2.75) is 6.54 Å². The van der Waals surface area contributed by atoms with Crippen LogP contribution in [0.4, 0.5) is 5.69 Å². The second-order valence-electron chi connectivity index (χ2n) is 3.24. The number of nitrogens with zero attached hydrogens (tertiary/aromatic N) is 3. The Hall–Kier alpha value is -1.88. The first-order valence-corrected chi connectivity index (χ1v) is 4.95. The number of pyridine rings is 1. The zero-order chi connectivity index (χ0) is 11.5. The molecule has 0 bridgehead atoms. The molecule has 0 aliphatic carbocycles. The van der Waals surface area contributed by atoms with Gasteiger partial charge >= 0.3 is 0 Å². The minimum Gasteiger partial charge on any atom is -0.392 e. The molecule has 0 aromatic carbocycles. The van der Waals surface area contributed by atoms with Crippen molar-refractivity contribution >= 4 is 17.3 Å². The van der Waals surface area contributed by atoms with E-state index in [1.165, 1.54) is 10.9 Å². The third-order valence-electron chi connectivity index (χ3n) is 2.13. The Morgan fingerprint density at radius 2 is 2.06 bits per heavy atom. The molecule has 5 nitrogen and oxygen atoms in total. The molecule has 0 amide bonds. The lowest BCUT2D eigenvalue weighted by Gasteiger charge is -2.06. The van der Waals surface area contributed by atoms with Crippen LogP contribution in [-0.2, 0) is 6.54 Å². The highest BCUT2D eigenvalue weighted by molar-refractivity contribution is 6.31. The van der Waals surface area contributed by atoms with Crippen molar-refractivity contribution in [1.82, 2.24) is 14.5 Å². The lowest BCUT2D eigenvalue weighted by atomic mass is 10.3. The molecule has 82 valence electrons. The fraction of sp³-hybridized carbons (Fsp3) is 0.100. The van der Waals surface area contributed by atoms with Crippen molar-refractivity contribution in [3.63, 3.8) is 0 Å². The van der Waals surface area contributed by atoms with Crippen LogP contribution >= 0.6 is 11.6 Å². The maximum atomic E-state index is 11.7. The number of hydrogen-bond donors (Lipinski definition) is 1. The summed E-state index contributed by atoms with van der Waals surface area (Å²) < 4.78 is 1.40. The van der Waals surface area contributed by atoms with Gasteiger partial charge in [0.05, 0.1) is 12.9 Å². The van der Waals surface area contributed by atoms with Crippen molar-refractivity contribution in [3.8, 4) is 0 Å². The summed E-state index contributed by atoms with van der Waals surface area (Å²) >= 11 is 5.63. The average Bonchev–Trinajstić information content (AvgIpc) is 2.31. The summed E-state index contributed by atoms with van der Waals surface area (Å²) in [5.41, 5.74) is 6.08. The van der Waals surface area contributed by atoms with Gasteiger partial charge in [-0.2, -0.15) is 0 Å². The molecule has 2 N–H and O–H groups in total. The number of rotatable bonds is 2. The smallest absolute Gasteiger partial charge is 0.278 e. The van der Waals surface area contributed by atoms with Gasteiger partial charge in [-0.1, -0.05) is 11.6 Å². The second kappa shape index (κ2) is 4.32. The number of hydrogen-bond acceptors (Lipinski definition) is 4. The molecule has 2 heterocycles. The number of halogens is 1. The Bertz CT molecular complexity index is 552. The summed E-state index contributed by atoms with van der Waals surface area (Å²) in [6, 6.07) is 3.63. The van der Waals surface area contributed by atoms with Crippen molar-refractivity contribution in [3.05, 3.63) is 51.9 Å². The van der Waals surface area contributed by atoms with E-state index in [1.807, 2.05) is 12.1 Å². The Morgan fingerprint density at radius 1 is 1.38 bits per heavy atom. The molecule has 0 fully saturated rings. The molecular weight excluding hydrogens is 228 g/mol. The first-order valence-electron chi connectivity index (χ1n) is 4.58. The lowest BCUT2D eigenvalue weighted by Crippen LogP contribution is -2.24. The van der Waals surface area contributed by atoms with Crippen LogP contribution in [0.15, 0.2) is 35.6 Å². The van der Waals surface area contributed by atoms with Gasteiger partial charge in [-0.3, -0.25) is 14.3 Å². The fourth-order valence-corrected chi connectivity index (χ4v) is 1.41. The van der Waals surface area contributed by atoms with Gasteiger partial charge in [-0.25, -0.2) is 4.98 Å². The van der Waals surface area contributed by atoms with Gasteiger partial charge in [-0.05, 0) is 17.7 Å². The SMILES string of the molecule is Nc1c(Cl)ncn(Cc2ccncc2)c1=O. The number of nitrogens with two attached hydrogens (primary N) is 1. The van der Waals surface area contributed by atoms with Gasteiger partial charge in [0.15, 0.2) is 5.15 Å². The number of nitrogen functional groups attached to an aromatic ring is 1. The minimum atomic E-state index is -0.336. The van der Waals surface area contributed by atoms with E-state index < -0.39 is 0 Å². The molecule has 0 saturated carbocycles. The first-order chi connectivity index (χ1) is 7.68. The fourth-order valence-electron chi connectivity index (χ4n) is 1.28. The van der Waals surface area contributed by atoms with E-state index in [0.29, 0.717) is 6.54 Å². The van der Waals surface area contributed by atoms with E-state index in [2.05, 4.69) is 9.97 Å². The minimum absolute atomic E-state index is 0.0294. The normalized spacial score (nSPS) is 10.3. The molecule has 0 atom stereocenters. The van der Waals surface area contributed by atoms with Gasteiger partial charge < -0.3 is 5.73 Å². The van der Waals surface area contributed by atoms with E-state index in [0.717, 1.165) is 5.56 Å². The van der Waals surface area contributed by atoms with E-state index in [1.54, 1.807) is 12.4 Å². The van der Waals surface area contributed by atoms with Crippen LogP contribution in [0.25, 0.3) is 0 Å². The summed E-state index contributed by atoms with van der Waals surface area (Å²) in [6.07, 6.45) is 4.70. The molecule has 0 aliphatic rings. The highest BCUT2D eigenvalue weighted by Crippen LogP contribution is 2.08. The van der Waals surface area contributed by atoms with Gasteiger partial charge in [0.2, 0.25) is 0 Å². The molecule has 16 heavy (non-hydrogen) atoms. The van der Waals surface area contributed by atoms with Crippen molar-refractivity contribution in [2.24, 2.45) is 0 Å². The van der Waals surface area contributed by atoms with Crippen LogP contribution in [-0.4, -0.2) is 14.5 Å². The predicted octanol–water partition coefficient (Wildman–Crippen LogP) is 0.922. The molecule has 2 rings (SSSR count). The zero-order valence-corrected chi connectivity index (χ0v) is 9.05. The second-order valence-corrected chi connectivity index (χ2v) is 3.60. The van der Waals surface area contributed by atoms with Crippen molar-refractivity contribution in [1.29, 1.82) is 0 Å². The molecule has 6 heteroatoms. The molecule has 0 spiro atoms. The van der Waals surface area contributed by atoms with Gasteiger partial charge in [0.25, 0.3) is 5.56 Å². The lowest BCUT2D eigenvalue weighted by molar-refractivity contribution is 0.738. The van der Waals surface area contributed by atoms with Crippen LogP contribution in [0.5, 0.6) is 0 Å². The van der Waals surface area contributed by atoms with E-state index in [4.69, 9.17) is 17.3 Å². The predicted molar refractivity (Wildman–Crippen MR) is 61.3 cm³/mol. The van der Waals surface area contributed by atoms with E-state index in [9.17, 15) is 4.79 Å². The molecule has 0 saturated heterocycles. The molecule has 2 aromatic heterocycles. The van der Waals surface area contributed by atoms with Crippen LogP contribution in [0.1, 0.15) is 5.56 Å². The van der Waals surface area contributed by atoms with E-state index >= 15 is 0 Å². The van der Waals surface area contributed by atoms with Crippen molar-refractivity contribution in [2.75, 3.05) is 5.73 Å². The molecular formula is C10H9ClN4O. The standard InChI is InChI=1S/C10H9ClN4O/c11-9-8(12)10(16)15(6-14-9)5-7-1-3-13-4-2-7/h1-4,6H,5,12H2. The van der Waals surface area contributed by atoms with Crippen LogP contribution in [0.2, 0.25) is 5.15 Å². The molecule has 0 unspecified atom stereocenters. The Morgan fingerprint density at radius 3 is 2.75 bits per heavy atom. The molecule has 0 radical (unpaired) electrons. The topological polar surface area (TPSA) is 73.8 Å². The average molecular weight is 237 g/mol. The van der Waals surface area contributed by atoms with E-state index in [-0.39, 0.29) is 16.4 Å². The van der Waals surface area contributed by atoms with Gasteiger partial charge in [0, 0.05) is 12.4 Å². The number of aromatic nitrogens is 3. The Labute approximate surface area is 96.5 Å². The third kappa shape index (κ3) is 2.04. The maximum Gasteiger partial charge on any atom is 0.278 e. The largest absolute Gasteiger partial charge is 0.392 e. The Kier molecular flexibility index (Phi) is 2.87. The first kappa shape index (κ1) is 10.6.